The molecule has 1 aromatic carbocycles. The van der Waals surface area contributed by atoms with E-state index in [0.717, 1.165) is 11.1 Å². The summed E-state index contributed by atoms with van der Waals surface area (Å²) < 4.78 is 0. The van der Waals surface area contributed by atoms with Gasteiger partial charge in [0.1, 0.15) is 5.75 Å². The fourth-order valence-corrected chi connectivity index (χ4v) is 2.89. The Hall–Kier alpha value is -1.76. The van der Waals surface area contributed by atoms with Gasteiger partial charge >= 0.3 is 0 Å². The molecule has 0 atom stereocenters. The van der Waals surface area contributed by atoms with E-state index in [-0.39, 0.29) is 5.41 Å². The van der Waals surface area contributed by atoms with Crippen LogP contribution in [0.3, 0.4) is 0 Å². The average molecular weight is 282 g/mol. The maximum absolute atomic E-state index is 9.76. The van der Waals surface area contributed by atoms with E-state index in [2.05, 4.69) is 45.6 Å². The Labute approximate surface area is 128 Å². The van der Waals surface area contributed by atoms with Gasteiger partial charge in [-0.2, -0.15) is 0 Å². The number of phenolic OH excluding ortho intramolecular Hbond substituents is 1. The molecule has 1 aliphatic carbocycles. The highest BCUT2D eigenvalue weighted by molar-refractivity contribution is 5.46. The molecular weight excluding hydrogens is 256 g/mol. The third-order valence-corrected chi connectivity index (χ3v) is 4.52. The van der Waals surface area contributed by atoms with Gasteiger partial charge in [0.25, 0.3) is 0 Å². The topological polar surface area (TPSA) is 20.2 Å². The van der Waals surface area contributed by atoms with Crippen LogP contribution in [0.4, 0.5) is 0 Å². The molecule has 0 spiro atoms. The van der Waals surface area contributed by atoms with Crippen LogP contribution in [0.5, 0.6) is 5.75 Å². The van der Waals surface area contributed by atoms with Crippen LogP contribution in [-0.2, 0) is 5.41 Å². The lowest BCUT2D eigenvalue weighted by atomic mass is 9.76. The number of phenols is 1. The zero-order valence-corrected chi connectivity index (χ0v) is 13.4. The highest BCUT2D eigenvalue weighted by Crippen LogP contribution is 2.35. The van der Waals surface area contributed by atoms with Crippen LogP contribution in [0, 0.1) is 6.92 Å². The van der Waals surface area contributed by atoms with Crippen LogP contribution in [0.2, 0.25) is 0 Å². The summed E-state index contributed by atoms with van der Waals surface area (Å²) in [5.41, 5.74) is 4.63. The van der Waals surface area contributed by atoms with Crippen LogP contribution in [0.25, 0.3) is 0 Å². The van der Waals surface area contributed by atoms with Crippen molar-refractivity contribution in [1.82, 2.24) is 0 Å². The largest absolute Gasteiger partial charge is 0.508 e. The van der Waals surface area contributed by atoms with E-state index in [1.807, 2.05) is 12.1 Å². The minimum atomic E-state index is -0.186. The highest BCUT2D eigenvalue weighted by Gasteiger charge is 2.25. The van der Waals surface area contributed by atoms with Crippen molar-refractivity contribution in [2.45, 2.75) is 51.9 Å². The zero-order valence-electron chi connectivity index (χ0n) is 13.4. The molecule has 0 amide bonds. The van der Waals surface area contributed by atoms with E-state index in [9.17, 15) is 5.11 Å². The molecule has 0 saturated heterocycles. The Morgan fingerprint density at radius 3 is 2.71 bits per heavy atom. The Kier molecular flexibility index (Phi) is 4.72. The summed E-state index contributed by atoms with van der Waals surface area (Å²) >= 11 is 0. The fourth-order valence-electron chi connectivity index (χ4n) is 2.89. The third-order valence-electron chi connectivity index (χ3n) is 4.52. The molecule has 0 heterocycles. The Balaban J connectivity index is 2.22. The molecule has 1 nitrogen and oxygen atoms in total. The molecule has 1 heteroatoms. The Bertz CT molecular complexity index is 588. The lowest BCUT2D eigenvalue weighted by Crippen LogP contribution is -2.20. The van der Waals surface area contributed by atoms with E-state index in [1.165, 1.54) is 36.8 Å². The van der Waals surface area contributed by atoms with E-state index in [1.54, 1.807) is 6.07 Å². The SMILES string of the molecule is C=C(/C=C/C1=CCCCC1)C(C)(C)c1cc(O)ccc1C. The summed E-state index contributed by atoms with van der Waals surface area (Å²) in [6.07, 6.45) is 11.7. The molecule has 1 aliphatic rings. The van der Waals surface area contributed by atoms with Crippen molar-refractivity contribution in [2.75, 3.05) is 0 Å². The molecule has 0 aromatic heterocycles. The van der Waals surface area contributed by atoms with Gasteiger partial charge in [-0.15, -0.1) is 0 Å². The minimum absolute atomic E-state index is 0.186. The van der Waals surface area contributed by atoms with Gasteiger partial charge in [0.2, 0.25) is 0 Å². The number of aryl methyl sites for hydroxylation is 1. The van der Waals surface area contributed by atoms with E-state index in [0.29, 0.717) is 5.75 Å². The van der Waals surface area contributed by atoms with Crippen LogP contribution < -0.4 is 0 Å². The van der Waals surface area contributed by atoms with Crippen molar-refractivity contribution in [3.8, 4) is 5.75 Å². The molecule has 0 aliphatic heterocycles. The van der Waals surface area contributed by atoms with Gasteiger partial charge in [0.15, 0.2) is 0 Å². The second kappa shape index (κ2) is 6.34. The first-order valence-electron chi connectivity index (χ1n) is 7.78. The van der Waals surface area contributed by atoms with E-state index >= 15 is 0 Å². The zero-order chi connectivity index (χ0) is 15.5. The molecule has 0 unspecified atom stereocenters. The first kappa shape index (κ1) is 15.6. The molecule has 0 saturated carbocycles. The normalized spacial score (nSPS) is 16.0. The number of rotatable bonds is 4. The smallest absolute Gasteiger partial charge is 0.115 e. The summed E-state index contributed by atoms with van der Waals surface area (Å²) in [5.74, 6) is 0.315. The van der Waals surface area contributed by atoms with Crippen molar-refractivity contribution < 1.29 is 5.11 Å². The molecule has 0 radical (unpaired) electrons. The maximum Gasteiger partial charge on any atom is 0.115 e. The standard InChI is InChI=1S/C20H26O/c1-15-10-13-18(21)14-19(15)20(3,4)16(2)11-12-17-8-6-5-7-9-17/h8,10-14,21H,2,5-7,9H2,1,3-4H3/b12-11+. The van der Waals surface area contributed by atoms with Gasteiger partial charge < -0.3 is 5.11 Å². The summed E-state index contributed by atoms with van der Waals surface area (Å²) in [6, 6.07) is 5.56. The quantitative estimate of drug-likeness (QED) is 0.714. The number of aromatic hydroxyl groups is 1. The Morgan fingerprint density at radius 2 is 2.05 bits per heavy atom. The summed E-state index contributed by atoms with van der Waals surface area (Å²) in [4.78, 5) is 0. The van der Waals surface area contributed by atoms with Gasteiger partial charge in [-0.05, 0) is 61.4 Å². The van der Waals surface area contributed by atoms with Gasteiger partial charge in [-0.25, -0.2) is 0 Å². The van der Waals surface area contributed by atoms with Crippen LogP contribution >= 0.6 is 0 Å². The summed E-state index contributed by atoms with van der Waals surface area (Å²) in [5, 5.41) is 9.76. The first-order valence-corrected chi connectivity index (χ1v) is 7.78. The third kappa shape index (κ3) is 3.66. The molecule has 2 rings (SSSR count). The predicted molar refractivity (Wildman–Crippen MR) is 90.7 cm³/mol. The minimum Gasteiger partial charge on any atom is -0.508 e. The molecule has 1 N–H and O–H groups in total. The maximum atomic E-state index is 9.76. The van der Waals surface area contributed by atoms with Crippen molar-refractivity contribution in [2.24, 2.45) is 0 Å². The number of hydrogen-bond acceptors (Lipinski definition) is 1. The second-order valence-corrected chi connectivity index (χ2v) is 6.51. The molecule has 21 heavy (non-hydrogen) atoms. The molecular formula is C20H26O. The first-order chi connectivity index (χ1) is 9.91. The van der Waals surface area contributed by atoms with Gasteiger partial charge in [-0.3, -0.25) is 0 Å². The second-order valence-electron chi connectivity index (χ2n) is 6.51. The van der Waals surface area contributed by atoms with Gasteiger partial charge in [0.05, 0.1) is 0 Å². The highest BCUT2D eigenvalue weighted by atomic mass is 16.3. The Morgan fingerprint density at radius 1 is 1.29 bits per heavy atom. The monoisotopic (exact) mass is 282 g/mol. The van der Waals surface area contributed by atoms with Crippen LogP contribution in [0.15, 0.2) is 54.2 Å². The molecule has 0 bridgehead atoms. The van der Waals surface area contributed by atoms with Crippen LogP contribution in [-0.4, -0.2) is 5.11 Å². The average Bonchev–Trinajstić information content (AvgIpc) is 2.48. The van der Waals surface area contributed by atoms with Crippen molar-refractivity contribution in [1.29, 1.82) is 0 Å². The number of hydrogen-bond donors (Lipinski definition) is 1. The van der Waals surface area contributed by atoms with E-state index < -0.39 is 0 Å². The predicted octanol–water partition coefficient (Wildman–Crippen LogP) is 5.59. The van der Waals surface area contributed by atoms with Gasteiger partial charge in [-0.1, -0.05) is 50.3 Å². The number of allylic oxidation sites excluding steroid dienone is 5. The summed E-state index contributed by atoms with van der Waals surface area (Å²) in [7, 11) is 0. The van der Waals surface area contributed by atoms with Crippen molar-refractivity contribution in [3.05, 3.63) is 65.3 Å². The fraction of sp³-hybridized carbons (Fsp3) is 0.400. The van der Waals surface area contributed by atoms with Crippen LogP contribution in [0.1, 0.15) is 50.7 Å². The van der Waals surface area contributed by atoms with Gasteiger partial charge in [0, 0.05) is 5.41 Å². The van der Waals surface area contributed by atoms with Crippen molar-refractivity contribution in [3.63, 3.8) is 0 Å². The molecule has 1 aromatic rings. The summed E-state index contributed by atoms with van der Waals surface area (Å²) in [6.45, 7) is 10.7. The molecule has 0 fully saturated rings. The number of benzene rings is 1. The van der Waals surface area contributed by atoms with Crippen molar-refractivity contribution >= 4 is 0 Å². The lowest BCUT2D eigenvalue weighted by molar-refractivity contribution is 0.472. The lowest BCUT2D eigenvalue weighted by Gasteiger charge is -2.28. The van der Waals surface area contributed by atoms with E-state index in [4.69, 9.17) is 0 Å². The molecule has 112 valence electrons.